The molecule has 4 nitrogen and oxygen atoms in total. The summed E-state index contributed by atoms with van der Waals surface area (Å²) >= 11 is 0. The van der Waals surface area contributed by atoms with Gasteiger partial charge < -0.3 is 10.1 Å². The number of pyridine rings is 1. The highest BCUT2D eigenvalue weighted by molar-refractivity contribution is 5.87. The molecule has 0 unspecified atom stereocenters. The van der Waals surface area contributed by atoms with Crippen molar-refractivity contribution in [3.8, 4) is 0 Å². The van der Waals surface area contributed by atoms with E-state index in [0.717, 1.165) is 24.3 Å². The first-order valence-electron chi connectivity index (χ1n) is 4.68. The average Bonchev–Trinajstić information content (AvgIpc) is 2.64. The number of nitrogens with zero attached hydrogens (tertiary/aromatic N) is 1. The molecule has 0 bridgehead atoms. The van der Waals surface area contributed by atoms with E-state index in [2.05, 4.69) is 10.3 Å². The predicted molar refractivity (Wildman–Crippen MR) is 50.7 cm³/mol. The van der Waals surface area contributed by atoms with Crippen molar-refractivity contribution >= 4 is 5.97 Å². The van der Waals surface area contributed by atoms with Crippen LogP contribution in [0.3, 0.4) is 0 Å². The second-order valence-corrected chi connectivity index (χ2v) is 3.13. The Hall–Kier alpha value is -1.42. The summed E-state index contributed by atoms with van der Waals surface area (Å²) in [7, 11) is 0. The number of aromatic nitrogens is 1. The van der Waals surface area contributed by atoms with Crippen LogP contribution in [0.15, 0.2) is 12.1 Å². The van der Waals surface area contributed by atoms with Gasteiger partial charge in [-0.1, -0.05) is 6.07 Å². The van der Waals surface area contributed by atoms with Gasteiger partial charge >= 0.3 is 5.97 Å². The Balaban J connectivity index is 2.24. The van der Waals surface area contributed by atoms with Gasteiger partial charge in [-0.15, -0.1) is 0 Å². The molecule has 74 valence electrons. The van der Waals surface area contributed by atoms with Crippen molar-refractivity contribution in [3.63, 3.8) is 0 Å². The summed E-state index contributed by atoms with van der Waals surface area (Å²) in [5.41, 5.74) is 2.52. The highest BCUT2D eigenvalue weighted by atomic mass is 16.5. The second-order valence-electron chi connectivity index (χ2n) is 3.13. The van der Waals surface area contributed by atoms with Crippen LogP contribution in [-0.2, 0) is 17.8 Å². The van der Waals surface area contributed by atoms with E-state index in [0.29, 0.717) is 12.3 Å². The number of carbonyl (C=O) groups excluding carboxylic acids is 1. The Bertz CT molecular complexity index is 363. The molecule has 2 rings (SSSR count). The lowest BCUT2D eigenvalue weighted by Crippen LogP contribution is -2.08. The van der Waals surface area contributed by atoms with E-state index in [1.165, 1.54) is 0 Å². The first-order chi connectivity index (χ1) is 6.81. The summed E-state index contributed by atoms with van der Waals surface area (Å²) in [6, 6.07) is 3.64. The number of rotatable bonds is 2. The Kier molecular flexibility index (Phi) is 2.45. The van der Waals surface area contributed by atoms with E-state index in [1.54, 1.807) is 13.0 Å². The standard InChI is InChI=1S/C10H12N2O2/c1-2-14-10(13)8-4-3-7-5-11-6-9(7)12-8/h3-4,11H,2,5-6H2,1H3. The molecular formula is C10H12N2O2. The highest BCUT2D eigenvalue weighted by Crippen LogP contribution is 2.13. The molecule has 0 fully saturated rings. The lowest BCUT2D eigenvalue weighted by atomic mass is 10.2. The molecule has 1 aromatic heterocycles. The molecule has 4 heteroatoms. The smallest absolute Gasteiger partial charge is 0.356 e. The number of esters is 1. The third kappa shape index (κ3) is 1.61. The van der Waals surface area contributed by atoms with Gasteiger partial charge in [-0.05, 0) is 18.6 Å². The number of fused-ring (bicyclic) bond motifs is 1. The van der Waals surface area contributed by atoms with Crippen molar-refractivity contribution < 1.29 is 9.53 Å². The molecule has 0 aliphatic carbocycles. The summed E-state index contributed by atoms with van der Waals surface area (Å²) in [4.78, 5) is 15.6. The van der Waals surface area contributed by atoms with Crippen LogP contribution in [0.1, 0.15) is 28.7 Å². The van der Waals surface area contributed by atoms with Crippen LogP contribution in [-0.4, -0.2) is 17.6 Å². The maximum atomic E-state index is 11.3. The van der Waals surface area contributed by atoms with E-state index in [4.69, 9.17) is 4.74 Å². The van der Waals surface area contributed by atoms with Gasteiger partial charge in [-0.2, -0.15) is 0 Å². The fourth-order valence-electron chi connectivity index (χ4n) is 1.48. The zero-order chi connectivity index (χ0) is 9.97. The van der Waals surface area contributed by atoms with E-state index in [9.17, 15) is 4.79 Å². The Morgan fingerprint density at radius 3 is 3.21 bits per heavy atom. The molecule has 0 amide bonds. The minimum absolute atomic E-state index is 0.345. The first-order valence-corrected chi connectivity index (χ1v) is 4.68. The molecule has 1 N–H and O–H groups in total. The molecule has 0 saturated carbocycles. The van der Waals surface area contributed by atoms with Gasteiger partial charge in [0.1, 0.15) is 5.69 Å². The SMILES string of the molecule is CCOC(=O)c1ccc2c(n1)CNC2. The lowest BCUT2D eigenvalue weighted by Gasteiger charge is -2.02. The van der Waals surface area contributed by atoms with Crippen LogP contribution in [0.25, 0.3) is 0 Å². The van der Waals surface area contributed by atoms with Crippen LogP contribution >= 0.6 is 0 Å². The van der Waals surface area contributed by atoms with Crippen LogP contribution in [0.2, 0.25) is 0 Å². The molecule has 0 saturated heterocycles. The Morgan fingerprint density at radius 2 is 2.43 bits per heavy atom. The first kappa shape index (κ1) is 9.15. The fourth-order valence-corrected chi connectivity index (χ4v) is 1.48. The molecule has 0 radical (unpaired) electrons. The Morgan fingerprint density at radius 1 is 1.57 bits per heavy atom. The van der Waals surface area contributed by atoms with Gasteiger partial charge in [-0.25, -0.2) is 9.78 Å². The van der Waals surface area contributed by atoms with Gasteiger partial charge in [0.2, 0.25) is 0 Å². The summed E-state index contributed by atoms with van der Waals surface area (Å²) in [6.07, 6.45) is 0. The van der Waals surface area contributed by atoms with Crippen molar-refractivity contribution in [1.82, 2.24) is 10.3 Å². The van der Waals surface area contributed by atoms with Crippen molar-refractivity contribution in [2.75, 3.05) is 6.61 Å². The number of carbonyl (C=O) groups is 1. The maximum Gasteiger partial charge on any atom is 0.356 e. The van der Waals surface area contributed by atoms with Gasteiger partial charge in [0.15, 0.2) is 0 Å². The van der Waals surface area contributed by atoms with Crippen LogP contribution < -0.4 is 5.32 Å². The molecule has 0 aromatic carbocycles. The molecule has 2 heterocycles. The van der Waals surface area contributed by atoms with E-state index < -0.39 is 0 Å². The van der Waals surface area contributed by atoms with Crippen LogP contribution in [0.5, 0.6) is 0 Å². The summed E-state index contributed by atoms with van der Waals surface area (Å²) < 4.78 is 4.87. The van der Waals surface area contributed by atoms with E-state index >= 15 is 0 Å². The molecule has 14 heavy (non-hydrogen) atoms. The summed E-state index contributed by atoms with van der Waals surface area (Å²) in [6.45, 7) is 3.75. The lowest BCUT2D eigenvalue weighted by molar-refractivity contribution is 0.0519. The van der Waals surface area contributed by atoms with Crippen molar-refractivity contribution in [3.05, 3.63) is 29.1 Å². The minimum atomic E-state index is -0.345. The van der Waals surface area contributed by atoms with Gasteiger partial charge in [0.05, 0.1) is 12.3 Å². The largest absolute Gasteiger partial charge is 0.461 e. The quantitative estimate of drug-likeness (QED) is 0.706. The highest BCUT2D eigenvalue weighted by Gasteiger charge is 2.15. The normalized spacial score (nSPS) is 13.8. The number of hydrogen-bond donors (Lipinski definition) is 1. The molecule has 1 aliphatic heterocycles. The molecular weight excluding hydrogens is 180 g/mol. The predicted octanol–water partition coefficient (Wildman–Crippen LogP) is 0.861. The van der Waals surface area contributed by atoms with Crippen LogP contribution in [0, 0.1) is 0 Å². The second kappa shape index (κ2) is 3.75. The van der Waals surface area contributed by atoms with Gasteiger partial charge in [0, 0.05) is 13.1 Å². The summed E-state index contributed by atoms with van der Waals surface area (Å²) in [5, 5.41) is 3.17. The van der Waals surface area contributed by atoms with Crippen molar-refractivity contribution in [2.45, 2.75) is 20.0 Å². The topological polar surface area (TPSA) is 51.2 Å². The molecule has 1 aromatic rings. The third-order valence-corrected chi connectivity index (χ3v) is 2.16. The van der Waals surface area contributed by atoms with Gasteiger partial charge in [0.25, 0.3) is 0 Å². The van der Waals surface area contributed by atoms with E-state index in [1.807, 2.05) is 6.07 Å². The summed E-state index contributed by atoms with van der Waals surface area (Å²) in [5.74, 6) is -0.345. The van der Waals surface area contributed by atoms with Crippen molar-refractivity contribution in [2.24, 2.45) is 0 Å². The minimum Gasteiger partial charge on any atom is -0.461 e. The molecule has 0 spiro atoms. The molecule has 0 atom stereocenters. The zero-order valence-corrected chi connectivity index (χ0v) is 8.04. The fraction of sp³-hybridized carbons (Fsp3) is 0.400. The van der Waals surface area contributed by atoms with Crippen LogP contribution in [0.4, 0.5) is 0 Å². The van der Waals surface area contributed by atoms with Gasteiger partial charge in [-0.3, -0.25) is 0 Å². The third-order valence-electron chi connectivity index (χ3n) is 2.16. The average molecular weight is 192 g/mol. The van der Waals surface area contributed by atoms with E-state index in [-0.39, 0.29) is 5.97 Å². The number of hydrogen-bond acceptors (Lipinski definition) is 4. The Labute approximate surface area is 82.3 Å². The zero-order valence-electron chi connectivity index (χ0n) is 8.04. The monoisotopic (exact) mass is 192 g/mol. The number of nitrogens with one attached hydrogen (secondary N) is 1. The van der Waals surface area contributed by atoms with Crippen molar-refractivity contribution in [1.29, 1.82) is 0 Å². The number of ether oxygens (including phenoxy) is 1. The maximum absolute atomic E-state index is 11.3. The molecule has 1 aliphatic rings.